The van der Waals surface area contributed by atoms with Gasteiger partial charge in [0.2, 0.25) is 0 Å². The zero-order chi connectivity index (χ0) is 20.2. The number of ether oxygens (including phenoxy) is 2. The Morgan fingerprint density at radius 3 is 2.45 bits per heavy atom. The molecular formula is C24H37N3O2. The molecule has 1 saturated carbocycles. The van der Waals surface area contributed by atoms with Crippen molar-refractivity contribution in [3.05, 3.63) is 29.8 Å². The number of hydrogen-bond acceptors (Lipinski definition) is 3. The van der Waals surface area contributed by atoms with E-state index in [9.17, 15) is 0 Å². The van der Waals surface area contributed by atoms with Crippen LogP contribution in [0.15, 0.2) is 29.3 Å². The molecule has 2 heterocycles. The maximum Gasteiger partial charge on any atom is 0.193 e. The van der Waals surface area contributed by atoms with Gasteiger partial charge in [0.15, 0.2) is 5.96 Å². The molecule has 0 bridgehead atoms. The number of nitrogens with zero attached hydrogens (tertiary/aromatic N) is 2. The first-order valence-electron chi connectivity index (χ1n) is 11.5. The average Bonchev–Trinajstić information content (AvgIpc) is 3.19. The van der Waals surface area contributed by atoms with E-state index in [1.165, 1.54) is 37.8 Å². The van der Waals surface area contributed by atoms with E-state index in [4.69, 9.17) is 14.5 Å². The third kappa shape index (κ3) is 4.40. The maximum atomic E-state index is 5.71. The summed E-state index contributed by atoms with van der Waals surface area (Å²) in [5.74, 6) is 2.05. The molecule has 0 amide bonds. The highest BCUT2D eigenvalue weighted by molar-refractivity contribution is 5.80. The molecule has 29 heavy (non-hydrogen) atoms. The number of rotatable bonds is 6. The van der Waals surface area contributed by atoms with Gasteiger partial charge in [-0.25, -0.2) is 0 Å². The van der Waals surface area contributed by atoms with Crippen molar-refractivity contribution >= 4 is 5.96 Å². The van der Waals surface area contributed by atoms with Gasteiger partial charge in [0.05, 0.1) is 13.2 Å². The lowest BCUT2D eigenvalue weighted by atomic mass is 9.68. The van der Waals surface area contributed by atoms with Crippen LogP contribution in [0.3, 0.4) is 0 Å². The second-order valence-corrected chi connectivity index (χ2v) is 9.05. The standard InChI is InChI=1S/C24H37N3O2/c1-3-25-22(27-15-12-23(19-27)10-5-11-23)26-18-24(13-16-28-17-14-24)20-6-8-21(9-7-20)29-4-2/h6-9H,3-5,10-19H2,1-2H3,(H,25,26). The first kappa shape index (κ1) is 20.5. The molecule has 1 aromatic carbocycles. The number of guanidine groups is 1. The largest absolute Gasteiger partial charge is 0.494 e. The van der Waals surface area contributed by atoms with E-state index in [0.29, 0.717) is 12.0 Å². The van der Waals surface area contributed by atoms with Crippen LogP contribution in [0.4, 0.5) is 0 Å². The van der Waals surface area contributed by atoms with E-state index in [1.807, 2.05) is 6.92 Å². The number of benzene rings is 1. The summed E-state index contributed by atoms with van der Waals surface area (Å²) in [5, 5.41) is 3.57. The van der Waals surface area contributed by atoms with Crippen molar-refractivity contribution in [2.75, 3.05) is 46.0 Å². The summed E-state index contributed by atoms with van der Waals surface area (Å²) >= 11 is 0. The summed E-state index contributed by atoms with van der Waals surface area (Å²) in [5.41, 5.74) is 2.00. The van der Waals surface area contributed by atoms with Crippen molar-refractivity contribution in [3.63, 3.8) is 0 Å². The van der Waals surface area contributed by atoms with Gasteiger partial charge in [-0.15, -0.1) is 0 Å². The summed E-state index contributed by atoms with van der Waals surface area (Å²) in [6.07, 6.45) is 7.58. The van der Waals surface area contributed by atoms with Crippen LogP contribution in [0.5, 0.6) is 5.75 Å². The van der Waals surface area contributed by atoms with Gasteiger partial charge in [0.25, 0.3) is 0 Å². The molecule has 5 heteroatoms. The summed E-state index contributed by atoms with van der Waals surface area (Å²) in [6.45, 7) is 10.6. The highest BCUT2D eigenvalue weighted by atomic mass is 16.5. The minimum absolute atomic E-state index is 0.0531. The topological polar surface area (TPSA) is 46.1 Å². The zero-order valence-electron chi connectivity index (χ0n) is 18.2. The van der Waals surface area contributed by atoms with E-state index >= 15 is 0 Å². The minimum Gasteiger partial charge on any atom is -0.494 e. The molecule has 1 spiro atoms. The smallest absolute Gasteiger partial charge is 0.193 e. The molecular weight excluding hydrogens is 362 g/mol. The van der Waals surface area contributed by atoms with Gasteiger partial charge in [-0.2, -0.15) is 0 Å². The highest BCUT2D eigenvalue weighted by Gasteiger charge is 2.43. The van der Waals surface area contributed by atoms with E-state index in [-0.39, 0.29) is 5.41 Å². The Labute approximate surface area is 175 Å². The van der Waals surface area contributed by atoms with Crippen molar-refractivity contribution in [1.29, 1.82) is 0 Å². The number of hydrogen-bond donors (Lipinski definition) is 1. The minimum atomic E-state index is 0.0531. The fourth-order valence-corrected chi connectivity index (χ4v) is 5.22. The lowest BCUT2D eigenvalue weighted by Gasteiger charge is -2.39. The molecule has 1 aliphatic carbocycles. The number of aliphatic imine (C=N–C) groups is 1. The quantitative estimate of drug-likeness (QED) is 0.581. The summed E-state index contributed by atoms with van der Waals surface area (Å²) in [6, 6.07) is 8.67. The highest BCUT2D eigenvalue weighted by Crippen LogP contribution is 2.48. The predicted molar refractivity (Wildman–Crippen MR) is 118 cm³/mol. The molecule has 0 radical (unpaired) electrons. The lowest BCUT2D eigenvalue weighted by molar-refractivity contribution is 0.0530. The van der Waals surface area contributed by atoms with Crippen molar-refractivity contribution in [1.82, 2.24) is 10.2 Å². The second-order valence-electron chi connectivity index (χ2n) is 9.05. The van der Waals surface area contributed by atoms with E-state index < -0.39 is 0 Å². The first-order chi connectivity index (χ1) is 14.2. The fraction of sp³-hybridized carbons (Fsp3) is 0.708. The molecule has 5 nitrogen and oxygen atoms in total. The molecule has 4 rings (SSSR count). The molecule has 1 aromatic rings. The van der Waals surface area contributed by atoms with Gasteiger partial charge in [-0.3, -0.25) is 4.99 Å². The molecule has 0 aromatic heterocycles. The van der Waals surface area contributed by atoms with Crippen LogP contribution in [-0.4, -0.2) is 56.9 Å². The Kier molecular flexibility index (Phi) is 6.33. The summed E-state index contributed by atoms with van der Waals surface area (Å²) in [4.78, 5) is 7.70. The van der Waals surface area contributed by atoms with Gasteiger partial charge in [-0.05, 0) is 69.1 Å². The molecule has 3 fully saturated rings. The first-order valence-corrected chi connectivity index (χ1v) is 11.5. The van der Waals surface area contributed by atoms with Crippen LogP contribution in [0.1, 0.15) is 57.9 Å². The Morgan fingerprint density at radius 2 is 1.86 bits per heavy atom. The summed E-state index contributed by atoms with van der Waals surface area (Å²) < 4.78 is 11.4. The monoisotopic (exact) mass is 399 g/mol. The normalized spacial score (nSPS) is 23.1. The SMILES string of the molecule is CCNC(=NCC1(c2ccc(OCC)cc2)CCOCC1)N1CCC2(CCC2)C1. The van der Waals surface area contributed by atoms with Crippen molar-refractivity contribution < 1.29 is 9.47 Å². The van der Waals surface area contributed by atoms with E-state index in [2.05, 4.69) is 41.4 Å². The van der Waals surface area contributed by atoms with Crippen LogP contribution in [-0.2, 0) is 10.2 Å². The van der Waals surface area contributed by atoms with Gasteiger partial charge < -0.3 is 19.7 Å². The molecule has 0 unspecified atom stereocenters. The predicted octanol–water partition coefficient (Wildman–Crippen LogP) is 3.98. The van der Waals surface area contributed by atoms with E-state index in [1.54, 1.807) is 0 Å². The van der Waals surface area contributed by atoms with Gasteiger partial charge in [0, 0.05) is 38.3 Å². The van der Waals surface area contributed by atoms with Crippen LogP contribution in [0, 0.1) is 5.41 Å². The molecule has 1 N–H and O–H groups in total. The van der Waals surface area contributed by atoms with Crippen molar-refractivity contribution in [2.24, 2.45) is 10.4 Å². The second kappa shape index (κ2) is 8.95. The molecule has 2 saturated heterocycles. The third-order valence-corrected chi connectivity index (χ3v) is 7.25. The Balaban J connectivity index is 1.53. The number of likely N-dealkylation sites (tertiary alicyclic amines) is 1. The molecule has 2 aliphatic heterocycles. The van der Waals surface area contributed by atoms with Crippen molar-refractivity contribution in [3.8, 4) is 5.75 Å². The van der Waals surface area contributed by atoms with Gasteiger partial charge >= 0.3 is 0 Å². The lowest BCUT2D eigenvalue weighted by Crippen LogP contribution is -2.44. The van der Waals surface area contributed by atoms with Gasteiger partial charge in [0.1, 0.15) is 5.75 Å². The Morgan fingerprint density at radius 1 is 1.10 bits per heavy atom. The molecule has 3 aliphatic rings. The zero-order valence-corrected chi connectivity index (χ0v) is 18.2. The fourth-order valence-electron chi connectivity index (χ4n) is 5.22. The molecule has 0 atom stereocenters. The Hall–Kier alpha value is -1.75. The summed E-state index contributed by atoms with van der Waals surface area (Å²) in [7, 11) is 0. The van der Waals surface area contributed by atoms with E-state index in [0.717, 1.165) is 57.4 Å². The Bertz CT molecular complexity index is 691. The average molecular weight is 400 g/mol. The van der Waals surface area contributed by atoms with Gasteiger partial charge in [-0.1, -0.05) is 18.6 Å². The van der Waals surface area contributed by atoms with Crippen LogP contribution in [0.2, 0.25) is 0 Å². The third-order valence-electron chi connectivity index (χ3n) is 7.25. The van der Waals surface area contributed by atoms with Crippen LogP contribution < -0.4 is 10.1 Å². The van der Waals surface area contributed by atoms with Crippen LogP contribution in [0.25, 0.3) is 0 Å². The maximum absolute atomic E-state index is 5.71. The van der Waals surface area contributed by atoms with Crippen molar-refractivity contribution in [2.45, 2.75) is 57.8 Å². The number of nitrogens with one attached hydrogen (secondary N) is 1. The van der Waals surface area contributed by atoms with Crippen LogP contribution >= 0.6 is 0 Å². The molecule has 160 valence electrons.